The fourth-order valence-electron chi connectivity index (χ4n) is 2.98. The molecule has 156 valence electrons. The highest BCUT2D eigenvalue weighted by Gasteiger charge is 2.25. The lowest BCUT2D eigenvalue weighted by Gasteiger charge is -2.22. The van der Waals surface area contributed by atoms with Crippen molar-refractivity contribution in [3.8, 4) is 5.75 Å². The zero-order valence-electron chi connectivity index (χ0n) is 16.7. The number of ether oxygens (including phenoxy) is 1. The second-order valence-corrected chi connectivity index (χ2v) is 7.51. The first-order valence-corrected chi connectivity index (χ1v) is 9.83. The summed E-state index contributed by atoms with van der Waals surface area (Å²) in [5.74, 6) is -1.80. The van der Waals surface area contributed by atoms with Crippen LogP contribution in [0.5, 0.6) is 5.75 Å². The van der Waals surface area contributed by atoms with Gasteiger partial charge in [0, 0.05) is 35.2 Å². The van der Waals surface area contributed by atoms with Crippen LogP contribution in [0, 0.1) is 13.8 Å². The van der Waals surface area contributed by atoms with Crippen molar-refractivity contribution < 1.29 is 29.3 Å². The topological polar surface area (TPSA) is 116 Å². The van der Waals surface area contributed by atoms with Crippen LogP contribution in [0.1, 0.15) is 39.9 Å². The number of aryl methyl sites for hydroxylation is 1. The lowest BCUT2D eigenvalue weighted by Crippen LogP contribution is -2.39. The molecule has 0 saturated carbocycles. The standard InChI is InChI=1S/C15H24N2O2S.C4H4O4/c1-5-17-8-6-7-12(17)9-16-15(18)14-13(19-4)10(2)11(3)20-14;5-3(6)1-2-4(7)8/h12H,5-9H2,1-4H3,(H,16,18);1-2H,(H,5,6)(H,7,8). The van der Waals surface area contributed by atoms with E-state index in [1.807, 2.05) is 13.8 Å². The molecule has 0 aliphatic carbocycles. The van der Waals surface area contributed by atoms with Gasteiger partial charge < -0.3 is 20.3 Å². The number of likely N-dealkylation sites (tertiary alicyclic amines) is 1. The van der Waals surface area contributed by atoms with E-state index in [0.29, 0.717) is 23.1 Å². The van der Waals surface area contributed by atoms with Gasteiger partial charge in [0.1, 0.15) is 10.6 Å². The van der Waals surface area contributed by atoms with Crippen LogP contribution in [0.3, 0.4) is 0 Å². The molecule has 9 heteroatoms. The SMILES string of the molecule is CCN1CCCC1CNC(=O)c1sc(C)c(C)c1OC.O=C(O)C=CC(=O)O. The van der Waals surface area contributed by atoms with E-state index in [1.54, 1.807) is 7.11 Å². The van der Waals surface area contributed by atoms with E-state index in [1.165, 1.54) is 24.2 Å². The van der Waals surface area contributed by atoms with Gasteiger partial charge in [-0.05, 0) is 39.8 Å². The molecular weight excluding hydrogens is 384 g/mol. The third-order valence-electron chi connectivity index (χ3n) is 4.51. The molecule has 0 aromatic carbocycles. The van der Waals surface area contributed by atoms with Crippen LogP contribution >= 0.6 is 11.3 Å². The van der Waals surface area contributed by atoms with Crippen molar-refractivity contribution in [2.75, 3.05) is 26.7 Å². The van der Waals surface area contributed by atoms with Crippen LogP contribution in [0.15, 0.2) is 12.2 Å². The highest BCUT2D eigenvalue weighted by atomic mass is 32.1. The molecule has 1 aliphatic rings. The molecule has 1 aromatic heterocycles. The van der Waals surface area contributed by atoms with Gasteiger partial charge in [-0.1, -0.05) is 6.92 Å². The number of amides is 1. The quantitative estimate of drug-likeness (QED) is 0.588. The maximum atomic E-state index is 12.3. The van der Waals surface area contributed by atoms with Gasteiger partial charge in [0.2, 0.25) is 0 Å². The van der Waals surface area contributed by atoms with Gasteiger partial charge in [-0.2, -0.15) is 0 Å². The number of thiophene rings is 1. The summed E-state index contributed by atoms with van der Waals surface area (Å²) >= 11 is 1.51. The third-order valence-corrected chi connectivity index (χ3v) is 5.70. The molecule has 2 rings (SSSR count). The lowest BCUT2D eigenvalue weighted by atomic mass is 10.2. The molecule has 1 atom stereocenters. The van der Waals surface area contributed by atoms with E-state index in [9.17, 15) is 14.4 Å². The third kappa shape index (κ3) is 6.97. The second kappa shape index (κ2) is 11.5. The Labute approximate surface area is 168 Å². The first-order valence-electron chi connectivity index (χ1n) is 9.01. The van der Waals surface area contributed by atoms with Crippen LogP contribution in [-0.2, 0) is 9.59 Å². The molecule has 3 N–H and O–H groups in total. The van der Waals surface area contributed by atoms with Crippen LogP contribution in [0.25, 0.3) is 0 Å². The minimum atomic E-state index is -1.26. The normalized spacial score (nSPS) is 16.5. The first kappa shape index (κ1) is 23.6. The number of carboxylic acids is 2. The number of carboxylic acid groups (broad SMARTS) is 2. The van der Waals surface area contributed by atoms with Crippen molar-refractivity contribution >= 4 is 29.2 Å². The fourth-order valence-corrected chi connectivity index (χ4v) is 4.02. The number of methoxy groups -OCH3 is 1. The molecule has 28 heavy (non-hydrogen) atoms. The summed E-state index contributed by atoms with van der Waals surface area (Å²) in [6, 6.07) is 0.483. The van der Waals surface area contributed by atoms with E-state index < -0.39 is 11.9 Å². The summed E-state index contributed by atoms with van der Waals surface area (Å²) in [5.41, 5.74) is 1.07. The number of carbonyl (C=O) groups is 3. The van der Waals surface area contributed by atoms with Crippen molar-refractivity contribution in [3.63, 3.8) is 0 Å². The Balaban J connectivity index is 0.000000416. The van der Waals surface area contributed by atoms with Crippen molar-refractivity contribution in [1.29, 1.82) is 0 Å². The number of hydrogen-bond acceptors (Lipinski definition) is 6. The Hall–Kier alpha value is -2.39. The molecule has 1 aromatic rings. The van der Waals surface area contributed by atoms with E-state index >= 15 is 0 Å². The molecule has 0 spiro atoms. The summed E-state index contributed by atoms with van der Waals surface area (Å²) in [6.45, 7) is 9.13. The van der Waals surface area contributed by atoms with Gasteiger partial charge in [0.15, 0.2) is 0 Å². The molecule has 1 aliphatic heterocycles. The van der Waals surface area contributed by atoms with E-state index in [0.717, 1.165) is 35.8 Å². The molecule has 2 heterocycles. The lowest BCUT2D eigenvalue weighted by molar-refractivity contribution is -0.134. The Morgan fingerprint density at radius 2 is 1.86 bits per heavy atom. The van der Waals surface area contributed by atoms with E-state index in [4.69, 9.17) is 14.9 Å². The van der Waals surface area contributed by atoms with Crippen LogP contribution in [0.2, 0.25) is 0 Å². The largest absolute Gasteiger partial charge is 0.495 e. The fraction of sp³-hybridized carbons (Fsp3) is 0.526. The molecule has 1 fully saturated rings. The van der Waals surface area contributed by atoms with Crippen LogP contribution in [0.4, 0.5) is 0 Å². The Morgan fingerprint density at radius 3 is 2.36 bits per heavy atom. The molecule has 1 amide bonds. The molecule has 0 bridgehead atoms. The first-order chi connectivity index (χ1) is 13.2. The van der Waals surface area contributed by atoms with Gasteiger partial charge >= 0.3 is 11.9 Å². The van der Waals surface area contributed by atoms with Crippen molar-refractivity contribution in [2.24, 2.45) is 0 Å². The second-order valence-electron chi connectivity index (χ2n) is 6.29. The van der Waals surface area contributed by atoms with Crippen LogP contribution in [-0.4, -0.2) is 65.7 Å². The van der Waals surface area contributed by atoms with E-state index in [-0.39, 0.29) is 5.91 Å². The molecule has 0 radical (unpaired) electrons. The molecule has 8 nitrogen and oxygen atoms in total. The number of hydrogen-bond donors (Lipinski definition) is 3. The predicted molar refractivity (Wildman–Crippen MR) is 107 cm³/mol. The number of rotatable bonds is 7. The maximum absolute atomic E-state index is 12.3. The number of aliphatic carboxylic acids is 2. The van der Waals surface area contributed by atoms with Crippen molar-refractivity contribution in [3.05, 3.63) is 27.5 Å². The number of nitrogens with one attached hydrogen (secondary N) is 1. The molecule has 1 unspecified atom stereocenters. The van der Waals surface area contributed by atoms with Gasteiger partial charge in [0.05, 0.1) is 7.11 Å². The highest BCUT2D eigenvalue weighted by molar-refractivity contribution is 7.14. The van der Waals surface area contributed by atoms with Crippen molar-refractivity contribution in [1.82, 2.24) is 10.2 Å². The number of likely N-dealkylation sites (N-methyl/N-ethyl adjacent to an activating group) is 1. The molecule has 1 saturated heterocycles. The average molecular weight is 413 g/mol. The summed E-state index contributed by atoms with van der Waals surface area (Å²) in [6.07, 6.45) is 3.52. The number of carbonyl (C=O) groups excluding carboxylic acids is 1. The Kier molecular flexibility index (Phi) is 9.67. The highest BCUT2D eigenvalue weighted by Crippen LogP contribution is 2.34. The monoisotopic (exact) mass is 412 g/mol. The summed E-state index contributed by atoms with van der Waals surface area (Å²) in [4.78, 5) is 35.7. The minimum absolute atomic E-state index is 0.00833. The van der Waals surface area contributed by atoms with Gasteiger partial charge in [-0.3, -0.25) is 9.69 Å². The van der Waals surface area contributed by atoms with Crippen molar-refractivity contribution in [2.45, 2.75) is 39.7 Å². The molecular formula is C19H28N2O6S. The zero-order valence-corrected chi connectivity index (χ0v) is 17.5. The van der Waals surface area contributed by atoms with Gasteiger partial charge in [-0.25, -0.2) is 9.59 Å². The Morgan fingerprint density at radius 1 is 1.25 bits per heavy atom. The van der Waals surface area contributed by atoms with Gasteiger partial charge in [0.25, 0.3) is 5.91 Å². The van der Waals surface area contributed by atoms with Gasteiger partial charge in [-0.15, -0.1) is 11.3 Å². The Bertz CT molecular complexity index is 712. The van der Waals surface area contributed by atoms with Crippen LogP contribution < -0.4 is 10.1 Å². The summed E-state index contributed by atoms with van der Waals surface area (Å²) < 4.78 is 5.37. The summed E-state index contributed by atoms with van der Waals surface area (Å²) in [5, 5.41) is 18.7. The average Bonchev–Trinajstić information content (AvgIpc) is 3.22. The predicted octanol–water partition coefficient (Wildman–Crippen LogP) is 2.30. The number of nitrogens with zero attached hydrogens (tertiary/aromatic N) is 1. The minimum Gasteiger partial charge on any atom is -0.495 e. The zero-order chi connectivity index (χ0) is 21.3. The van der Waals surface area contributed by atoms with E-state index in [2.05, 4.69) is 17.1 Å². The summed E-state index contributed by atoms with van der Waals surface area (Å²) in [7, 11) is 1.63. The maximum Gasteiger partial charge on any atom is 0.328 e. The smallest absolute Gasteiger partial charge is 0.328 e.